The molecule has 3 nitrogen and oxygen atoms in total. The van der Waals surface area contributed by atoms with E-state index in [9.17, 15) is 175 Å². The average molecular weight is 1040 g/mol. The van der Waals surface area contributed by atoms with E-state index in [2.05, 4.69) is 0 Å². The summed E-state index contributed by atoms with van der Waals surface area (Å²) < 4.78 is 528. The molecule has 0 spiro atoms. The Labute approximate surface area is 342 Å². The maximum atomic E-state index is 13.9. The molecule has 0 radical (unpaired) electrons. The van der Waals surface area contributed by atoms with Gasteiger partial charge in [0.2, 0.25) is 0 Å². The van der Waals surface area contributed by atoms with E-state index in [-0.39, 0.29) is 51.4 Å². The number of hydrogen-bond donors (Lipinski definition) is 0. The summed E-state index contributed by atoms with van der Waals surface area (Å²) in [5.41, 5.74) is 0. The standard InChI is InChI=1S/C18HF37O3S.K/c19-1(20,3(23,24)5(27,28)7(31,32)9(35,36)11(39,40)13(43,44)15(47,48)17(51,52)53)2(21,22)4(25,26)6(29,30)8(33,34)10(37,38)12(41,42)14(45,46)16(49,50)18(54,55)59(56,57)58;/h(H,56,57,58);/q;+1/p-1. The van der Waals surface area contributed by atoms with Gasteiger partial charge in [0.05, 0.1) is 0 Å². The zero-order valence-electron chi connectivity index (χ0n) is 25.6. The van der Waals surface area contributed by atoms with Gasteiger partial charge in [-0.25, -0.2) is 8.42 Å². The summed E-state index contributed by atoms with van der Waals surface area (Å²) >= 11 is 0. The maximum absolute atomic E-state index is 13.9. The topological polar surface area (TPSA) is 57.2 Å². The third-order valence-electron chi connectivity index (χ3n) is 6.95. The Kier molecular flexibility index (Phi) is 15.0. The van der Waals surface area contributed by atoms with Crippen molar-refractivity contribution in [2.45, 2.75) is 106 Å². The Morgan fingerprint density at radius 3 is 0.417 bits per heavy atom. The van der Waals surface area contributed by atoms with Crippen LogP contribution in [0.25, 0.3) is 0 Å². The van der Waals surface area contributed by atoms with E-state index < -0.39 is 116 Å². The van der Waals surface area contributed by atoms with E-state index in [0.29, 0.717) is 0 Å². The number of halogens is 37. The van der Waals surface area contributed by atoms with Crippen molar-refractivity contribution in [1.82, 2.24) is 0 Å². The summed E-state index contributed by atoms with van der Waals surface area (Å²) in [6.07, 6.45) is -8.49. The number of rotatable bonds is 17. The minimum absolute atomic E-state index is 0. The molecule has 0 saturated heterocycles. The largest absolute Gasteiger partial charge is 1.00 e. The molecule has 60 heavy (non-hydrogen) atoms. The van der Waals surface area contributed by atoms with Crippen LogP contribution in [0.1, 0.15) is 0 Å². The van der Waals surface area contributed by atoms with Crippen LogP contribution in [0.5, 0.6) is 0 Å². The van der Waals surface area contributed by atoms with Gasteiger partial charge in [-0.3, -0.25) is 0 Å². The maximum Gasteiger partial charge on any atom is 1.00 e. The van der Waals surface area contributed by atoms with E-state index in [0.717, 1.165) is 0 Å². The van der Waals surface area contributed by atoms with Gasteiger partial charge in [0.1, 0.15) is 0 Å². The third kappa shape index (κ3) is 6.88. The smallest absolute Gasteiger partial charge is 0.743 e. The van der Waals surface area contributed by atoms with Gasteiger partial charge in [0, 0.05) is 0 Å². The summed E-state index contributed by atoms with van der Waals surface area (Å²) in [6, 6.07) is 0. The van der Waals surface area contributed by atoms with E-state index in [4.69, 9.17) is 0 Å². The molecule has 0 aliphatic carbocycles. The van der Waals surface area contributed by atoms with Crippen LogP contribution in [0.4, 0.5) is 162 Å². The molecule has 0 aliphatic rings. The number of hydrogen-bond acceptors (Lipinski definition) is 3. The normalized spacial score (nSPS) is 17.2. The second kappa shape index (κ2) is 14.7. The molecule has 0 saturated carbocycles. The van der Waals surface area contributed by atoms with Crippen LogP contribution in [-0.2, 0) is 10.1 Å². The molecule has 0 aromatic rings. The molecule has 0 fully saturated rings. The molecule has 0 aromatic carbocycles. The molecule has 0 bridgehead atoms. The quantitative estimate of drug-likeness (QED) is 0.0849. The zero-order chi connectivity index (χ0) is 49.5. The van der Waals surface area contributed by atoms with Gasteiger partial charge in [-0.2, -0.15) is 162 Å². The second-order valence-corrected chi connectivity index (χ2v) is 12.1. The Morgan fingerprint density at radius 2 is 0.317 bits per heavy atom. The van der Waals surface area contributed by atoms with Crippen LogP contribution in [0.15, 0.2) is 0 Å². The fourth-order valence-corrected chi connectivity index (χ4v) is 3.72. The van der Waals surface area contributed by atoms with Crippen molar-refractivity contribution >= 4 is 10.1 Å². The Balaban J connectivity index is 0. The third-order valence-corrected chi connectivity index (χ3v) is 7.83. The Morgan fingerprint density at radius 1 is 0.217 bits per heavy atom. The SMILES string of the molecule is O=S(=O)([O-])C(F)(F)C(F)(F)C(F)(F)C(F)(F)C(F)(F)C(F)(F)C(F)(F)C(F)(F)C(F)(F)C(F)(F)C(F)(F)C(F)(F)C(F)(F)C(F)(F)C(F)(F)C(F)(F)C(F)(F)C(F)(F)F.[K+]. The summed E-state index contributed by atoms with van der Waals surface area (Å²) in [6.45, 7) is 0. The monoisotopic (exact) mass is 1040 g/mol. The van der Waals surface area contributed by atoms with Crippen LogP contribution in [-0.4, -0.2) is 119 Å². The predicted molar refractivity (Wildman–Crippen MR) is 99.9 cm³/mol. The zero-order valence-corrected chi connectivity index (χ0v) is 29.6. The van der Waals surface area contributed by atoms with Crippen molar-refractivity contribution in [3.05, 3.63) is 0 Å². The van der Waals surface area contributed by atoms with Crippen LogP contribution >= 0.6 is 0 Å². The van der Waals surface area contributed by atoms with Gasteiger partial charge in [-0.05, 0) is 0 Å². The Bertz CT molecular complexity index is 1690. The predicted octanol–water partition coefficient (Wildman–Crippen LogP) is 7.86. The first-order valence-corrected chi connectivity index (χ1v) is 13.4. The Hall–Kier alpha value is -1.04. The molecule has 0 heterocycles. The molecule has 0 unspecified atom stereocenters. The second-order valence-electron chi connectivity index (χ2n) is 10.7. The van der Waals surface area contributed by atoms with Gasteiger partial charge in [0.25, 0.3) is 0 Å². The van der Waals surface area contributed by atoms with Crippen molar-refractivity contribution in [2.75, 3.05) is 0 Å². The van der Waals surface area contributed by atoms with Gasteiger partial charge in [-0.15, -0.1) is 0 Å². The van der Waals surface area contributed by atoms with E-state index >= 15 is 0 Å². The molecule has 0 N–H and O–H groups in total. The van der Waals surface area contributed by atoms with Crippen LogP contribution in [0.2, 0.25) is 0 Å². The van der Waals surface area contributed by atoms with Gasteiger partial charge < -0.3 is 4.55 Å². The van der Waals surface area contributed by atoms with Crippen molar-refractivity contribution in [1.29, 1.82) is 0 Å². The van der Waals surface area contributed by atoms with Crippen molar-refractivity contribution in [3.8, 4) is 0 Å². The molecular formula is C18F37KO3S. The fraction of sp³-hybridized carbons (Fsp3) is 1.00. The van der Waals surface area contributed by atoms with E-state index in [1.807, 2.05) is 0 Å². The van der Waals surface area contributed by atoms with Crippen molar-refractivity contribution in [2.24, 2.45) is 0 Å². The first-order valence-electron chi connectivity index (χ1n) is 11.9. The van der Waals surface area contributed by atoms with Crippen LogP contribution in [0.3, 0.4) is 0 Å². The molecule has 0 amide bonds. The first-order chi connectivity index (χ1) is 24.5. The summed E-state index contributed by atoms with van der Waals surface area (Å²) in [5, 5.41) is -8.62. The van der Waals surface area contributed by atoms with Crippen molar-refractivity contribution in [3.63, 3.8) is 0 Å². The number of alkyl halides is 37. The van der Waals surface area contributed by atoms with Gasteiger partial charge >= 0.3 is 158 Å². The van der Waals surface area contributed by atoms with E-state index in [1.165, 1.54) is 0 Å². The van der Waals surface area contributed by atoms with Gasteiger partial charge in [0.15, 0.2) is 10.1 Å². The molecule has 0 aromatic heterocycles. The molecule has 0 aliphatic heterocycles. The molecular weight excluding hydrogens is 1040 g/mol. The molecule has 0 rings (SSSR count). The van der Waals surface area contributed by atoms with Crippen LogP contribution in [0, 0.1) is 0 Å². The molecule has 0 atom stereocenters. The average Bonchev–Trinajstić information content (AvgIpc) is 2.98. The summed E-state index contributed by atoms with van der Waals surface area (Å²) in [7, 11) is -8.77. The first kappa shape index (κ1) is 61.0. The minimum atomic E-state index is -10.5. The van der Waals surface area contributed by atoms with E-state index in [1.54, 1.807) is 0 Å². The summed E-state index contributed by atoms with van der Waals surface area (Å²) in [4.78, 5) is 0. The summed E-state index contributed by atoms with van der Waals surface area (Å²) in [5.74, 6) is -161. The fourth-order valence-electron chi connectivity index (χ4n) is 3.28. The van der Waals surface area contributed by atoms with Crippen LogP contribution < -0.4 is 51.4 Å². The minimum Gasteiger partial charge on any atom is -0.743 e. The molecule has 356 valence electrons. The van der Waals surface area contributed by atoms with Crippen molar-refractivity contribution < 1.29 is 227 Å². The van der Waals surface area contributed by atoms with Gasteiger partial charge in [-0.1, -0.05) is 0 Å². The molecule has 42 heteroatoms.